The molecule has 1 aliphatic rings. The van der Waals surface area contributed by atoms with Gasteiger partial charge in [-0.05, 0) is 22.4 Å². The first-order chi connectivity index (χ1) is 10.3. The number of methoxy groups -OCH3 is 1. The van der Waals surface area contributed by atoms with E-state index in [-0.39, 0.29) is 25.1 Å². The zero-order valence-corrected chi connectivity index (χ0v) is 12.1. The van der Waals surface area contributed by atoms with E-state index in [0.717, 1.165) is 5.56 Å². The molecule has 0 aromatic heterocycles. The van der Waals surface area contributed by atoms with Gasteiger partial charge < -0.3 is 19.3 Å². The SMILES string of the molecule is COC1C[C@H](OCc2ccc3ccccc3c2)[C@@H](CO)O1. The van der Waals surface area contributed by atoms with Gasteiger partial charge in [-0.25, -0.2) is 0 Å². The van der Waals surface area contributed by atoms with E-state index in [2.05, 4.69) is 30.3 Å². The maximum atomic E-state index is 9.33. The highest BCUT2D eigenvalue weighted by Crippen LogP contribution is 2.25. The number of aliphatic hydroxyl groups excluding tert-OH is 1. The highest BCUT2D eigenvalue weighted by molar-refractivity contribution is 5.82. The summed E-state index contributed by atoms with van der Waals surface area (Å²) in [5, 5.41) is 11.8. The number of rotatable bonds is 5. The van der Waals surface area contributed by atoms with Gasteiger partial charge in [-0.15, -0.1) is 0 Å². The van der Waals surface area contributed by atoms with Crippen molar-refractivity contribution >= 4 is 10.8 Å². The summed E-state index contributed by atoms with van der Waals surface area (Å²) >= 11 is 0. The molecule has 1 N–H and O–H groups in total. The van der Waals surface area contributed by atoms with E-state index in [1.54, 1.807) is 7.11 Å². The lowest BCUT2D eigenvalue weighted by Gasteiger charge is -2.16. The molecule has 112 valence electrons. The summed E-state index contributed by atoms with van der Waals surface area (Å²) in [6.45, 7) is 0.452. The Hall–Kier alpha value is -1.46. The monoisotopic (exact) mass is 288 g/mol. The summed E-state index contributed by atoms with van der Waals surface area (Å²) < 4.78 is 16.6. The van der Waals surface area contributed by atoms with Crippen LogP contribution in [0.25, 0.3) is 10.8 Å². The molecular formula is C17H20O4. The Balaban J connectivity index is 1.65. The van der Waals surface area contributed by atoms with Crippen molar-refractivity contribution in [3.63, 3.8) is 0 Å². The topological polar surface area (TPSA) is 47.9 Å². The van der Waals surface area contributed by atoms with Crippen LogP contribution in [-0.4, -0.2) is 37.3 Å². The zero-order valence-electron chi connectivity index (χ0n) is 12.1. The molecule has 0 saturated carbocycles. The maximum Gasteiger partial charge on any atom is 0.160 e. The summed E-state index contributed by atoms with van der Waals surface area (Å²) in [6, 6.07) is 14.5. The molecule has 2 aromatic carbocycles. The van der Waals surface area contributed by atoms with Gasteiger partial charge in [0.25, 0.3) is 0 Å². The number of aliphatic hydroxyl groups is 1. The fourth-order valence-corrected chi connectivity index (χ4v) is 2.70. The van der Waals surface area contributed by atoms with Gasteiger partial charge >= 0.3 is 0 Å². The van der Waals surface area contributed by atoms with Crippen molar-refractivity contribution in [2.75, 3.05) is 13.7 Å². The van der Waals surface area contributed by atoms with Crippen molar-refractivity contribution in [1.29, 1.82) is 0 Å². The van der Waals surface area contributed by atoms with Gasteiger partial charge in [0.1, 0.15) is 6.10 Å². The molecule has 3 atom stereocenters. The third-order valence-electron chi connectivity index (χ3n) is 3.89. The largest absolute Gasteiger partial charge is 0.394 e. The van der Waals surface area contributed by atoms with Crippen molar-refractivity contribution in [3.05, 3.63) is 48.0 Å². The third kappa shape index (κ3) is 3.24. The minimum Gasteiger partial charge on any atom is -0.394 e. The predicted molar refractivity (Wildman–Crippen MR) is 79.9 cm³/mol. The van der Waals surface area contributed by atoms with Crippen LogP contribution in [0.5, 0.6) is 0 Å². The predicted octanol–water partition coefficient (Wildman–Crippen LogP) is 2.48. The Morgan fingerprint density at radius 3 is 2.76 bits per heavy atom. The number of benzene rings is 2. The number of fused-ring (bicyclic) bond motifs is 1. The van der Waals surface area contributed by atoms with Crippen LogP contribution >= 0.6 is 0 Å². The molecule has 0 bridgehead atoms. The first-order valence-corrected chi connectivity index (χ1v) is 7.18. The average Bonchev–Trinajstić information content (AvgIpc) is 2.95. The van der Waals surface area contributed by atoms with E-state index >= 15 is 0 Å². The molecule has 0 spiro atoms. The summed E-state index contributed by atoms with van der Waals surface area (Å²) in [7, 11) is 1.60. The van der Waals surface area contributed by atoms with E-state index in [0.29, 0.717) is 13.0 Å². The summed E-state index contributed by atoms with van der Waals surface area (Å²) in [6.07, 6.45) is -0.0828. The molecule has 21 heavy (non-hydrogen) atoms. The second-order valence-corrected chi connectivity index (χ2v) is 5.29. The van der Waals surface area contributed by atoms with Crippen LogP contribution in [0.4, 0.5) is 0 Å². The summed E-state index contributed by atoms with van der Waals surface area (Å²) in [5.74, 6) is 0. The third-order valence-corrected chi connectivity index (χ3v) is 3.89. The molecule has 0 aliphatic carbocycles. The lowest BCUT2D eigenvalue weighted by atomic mass is 10.1. The fraction of sp³-hybridized carbons (Fsp3) is 0.412. The van der Waals surface area contributed by atoms with Crippen LogP contribution in [0.2, 0.25) is 0 Å². The van der Waals surface area contributed by atoms with Gasteiger partial charge in [0.15, 0.2) is 6.29 Å². The van der Waals surface area contributed by atoms with Gasteiger partial charge in [0.05, 0.1) is 19.3 Å². The van der Waals surface area contributed by atoms with Gasteiger partial charge in [-0.2, -0.15) is 0 Å². The highest BCUT2D eigenvalue weighted by Gasteiger charge is 2.35. The first kappa shape index (κ1) is 14.5. The van der Waals surface area contributed by atoms with Crippen LogP contribution in [0.3, 0.4) is 0 Å². The van der Waals surface area contributed by atoms with Gasteiger partial charge in [-0.1, -0.05) is 36.4 Å². The lowest BCUT2D eigenvalue weighted by Crippen LogP contribution is -2.27. The Labute approximate surface area is 124 Å². The van der Waals surface area contributed by atoms with Gasteiger partial charge in [-0.3, -0.25) is 0 Å². The van der Waals surface area contributed by atoms with Crippen molar-refractivity contribution in [3.8, 4) is 0 Å². The van der Waals surface area contributed by atoms with Crippen LogP contribution in [-0.2, 0) is 20.8 Å². The minimum atomic E-state index is -0.310. The average molecular weight is 288 g/mol. The number of hydrogen-bond acceptors (Lipinski definition) is 4. The molecule has 4 nitrogen and oxygen atoms in total. The molecule has 1 aliphatic heterocycles. The van der Waals surface area contributed by atoms with Crippen molar-refractivity contribution < 1.29 is 19.3 Å². The van der Waals surface area contributed by atoms with E-state index in [1.165, 1.54) is 10.8 Å². The highest BCUT2D eigenvalue weighted by atomic mass is 16.7. The van der Waals surface area contributed by atoms with Gasteiger partial charge in [0, 0.05) is 13.5 Å². The van der Waals surface area contributed by atoms with Crippen LogP contribution in [0.1, 0.15) is 12.0 Å². The second-order valence-electron chi connectivity index (χ2n) is 5.29. The zero-order chi connectivity index (χ0) is 14.7. The molecule has 2 aromatic rings. The Morgan fingerprint density at radius 1 is 1.19 bits per heavy atom. The molecule has 0 amide bonds. The van der Waals surface area contributed by atoms with Crippen molar-refractivity contribution in [1.82, 2.24) is 0 Å². The molecule has 1 fully saturated rings. The summed E-state index contributed by atoms with van der Waals surface area (Å²) in [4.78, 5) is 0. The van der Waals surface area contributed by atoms with E-state index < -0.39 is 0 Å². The van der Waals surface area contributed by atoms with E-state index in [1.807, 2.05) is 12.1 Å². The molecule has 3 rings (SSSR count). The Kier molecular flexibility index (Phi) is 4.51. The number of ether oxygens (including phenoxy) is 3. The molecule has 1 heterocycles. The van der Waals surface area contributed by atoms with Crippen LogP contribution < -0.4 is 0 Å². The second kappa shape index (κ2) is 6.54. The Bertz CT molecular complexity index is 598. The number of hydrogen-bond donors (Lipinski definition) is 1. The van der Waals surface area contributed by atoms with Crippen molar-refractivity contribution in [2.24, 2.45) is 0 Å². The minimum absolute atomic E-state index is 0.0533. The molecule has 4 heteroatoms. The molecular weight excluding hydrogens is 268 g/mol. The fourth-order valence-electron chi connectivity index (χ4n) is 2.70. The lowest BCUT2D eigenvalue weighted by molar-refractivity contribution is -0.130. The van der Waals surface area contributed by atoms with Crippen LogP contribution in [0.15, 0.2) is 42.5 Å². The molecule has 1 saturated heterocycles. The maximum absolute atomic E-state index is 9.33. The molecule has 1 unspecified atom stereocenters. The standard InChI is InChI=1S/C17H20O4/c1-19-17-9-15(16(10-18)21-17)20-11-12-6-7-13-4-2-3-5-14(13)8-12/h2-8,15-18H,9-11H2,1H3/t15-,16+,17?/m0/s1. The quantitative estimate of drug-likeness (QED) is 0.918. The van der Waals surface area contributed by atoms with E-state index in [9.17, 15) is 5.11 Å². The Morgan fingerprint density at radius 2 is 2.00 bits per heavy atom. The van der Waals surface area contributed by atoms with Crippen LogP contribution in [0, 0.1) is 0 Å². The smallest absolute Gasteiger partial charge is 0.160 e. The normalized spacial score (nSPS) is 25.5. The van der Waals surface area contributed by atoms with Crippen molar-refractivity contribution in [2.45, 2.75) is 31.5 Å². The van der Waals surface area contributed by atoms with E-state index in [4.69, 9.17) is 14.2 Å². The first-order valence-electron chi connectivity index (χ1n) is 7.18. The van der Waals surface area contributed by atoms with Gasteiger partial charge in [0.2, 0.25) is 0 Å². The molecule has 0 radical (unpaired) electrons. The summed E-state index contributed by atoms with van der Waals surface area (Å²) in [5.41, 5.74) is 1.12.